The second-order valence-corrected chi connectivity index (χ2v) is 9.45. The fourth-order valence-corrected chi connectivity index (χ4v) is 5.36. The molecular formula is C22H24FN3OS2. The van der Waals surface area contributed by atoms with Crippen LogP contribution in [0.15, 0.2) is 41.3 Å². The molecule has 1 aromatic heterocycles. The Labute approximate surface area is 178 Å². The highest BCUT2D eigenvalue weighted by molar-refractivity contribution is 7.99. The number of nitrogens with zero attached hydrogens (tertiary/aromatic N) is 3. The van der Waals surface area contributed by atoms with Crippen LogP contribution in [0.1, 0.15) is 17.5 Å². The smallest absolute Gasteiger partial charge is 0.223 e. The summed E-state index contributed by atoms with van der Waals surface area (Å²) >= 11 is 3.32. The van der Waals surface area contributed by atoms with Gasteiger partial charge in [-0.25, -0.2) is 9.37 Å². The Bertz CT molecular complexity index is 1010. The predicted octanol–water partition coefficient (Wildman–Crippen LogP) is 4.88. The lowest BCUT2D eigenvalue weighted by molar-refractivity contribution is -0.131. The first-order valence-corrected chi connectivity index (χ1v) is 11.6. The van der Waals surface area contributed by atoms with Gasteiger partial charge >= 0.3 is 0 Å². The lowest BCUT2D eigenvalue weighted by Crippen LogP contribution is -2.48. The zero-order valence-electron chi connectivity index (χ0n) is 16.7. The Morgan fingerprint density at radius 1 is 1.10 bits per heavy atom. The summed E-state index contributed by atoms with van der Waals surface area (Å²) in [5, 5.41) is 1.05. The van der Waals surface area contributed by atoms with Gasteiger partial charge < -0.3 is 9.80 Å². The lowest BCUT2D eigenvalue weighted by Gasteiger charge is -2.34. The van der Waals surface area contributed by atoms with Crippen molar-refractivity contribution < 1.29 is 9.18 Å². The fourth-order valence-electron chi connectivity index (χ4n) is 3.44. The molecule has 7 heteroatoms. The van der Waals surface area contributed by atoms with E-state index in [2.05, 4.69) is 30.9 Å². The summed E-state index contributed by atoms with van der Waals surface area (Å²) in [5.41, 5.74) is 3.61. The van der Waals surface area contributed by atoms with Gasteiger partial charge in [0.05, 0.1) is 10.2 Å². The Hall–Kier alpha value is -2.12. The van der Waals surface area contributed by atoms with Gasteiger partial charge in [-0.3, -0.25) is 4.79 Å². The first kappa shape index (κ1) is 20.2. The number of rotatable bonds is 5. The van der Waals surface area contributed by atoms with Crippen LogP contribution < -0.4 is 4.90 Å². The zero-order chi connectivity index (χ0) is 20.4. The molecule has 0 atom stereocenters. The number of thioether (sulfide) groups is 1. The second-order valence-electron chi connectivity index (χ2n) is 7.27. The largest absolute Gasteiger partial charge is 0.345 e. The summed E-state index contributed by atoms with van der Waals surface area (Å²) in [5.74, 6) is 0.665. The predicted molar refractivity (Wildman–Crippen MR) is 120 cm³/mol. The fraction of sp³-hybridized carbons (Fsp3) is 0.364. The minimum Gasteiger partial charge on any atom is -0.345 e. The third-order valence-corrected chi connectivity index (χ3v) is 7.47. The van der Waals surface area contributed by atoms with Gasteiger partial charge in [-0.1, -0.05) is 17.4 Å². The number of hydrogen-bond donors (Lipinski definition) is 0. The third-order valence-electron chi connectivity index (χ3n) is 5.37. The number of hydrogen-bond acceptors (Lipinski definition) is 5. The van der Waals surface area contributed by atoms with Crippen molar-refractivity contribution in [3.8, 4) is 0 Å². The molecule has 2 aromatic carbocycles. The van der Waals surface area contributed by atoms with Crippen molar-refractivity contribution in [3.63, 3.8) is 0 Å². The molecule has 1 aliphatic heterocycles. The molecule has 2 heterocycles. The molecule has 1 aliphatic rings. The highest BCUT2D eigenvalue weighted by Gasteiger charge is 2.23. The van der Waals surface area contributed by atoms with E-state index in [1.165, 1.54) is 28.0 Å². The van der Waals surface area contributed by atoms with Gasteiger partial charge in [-0.05, 0) is 55.3 Å². The second kappa shape index (κ2) is 8.71. The monoisotopic (exact) mass is 429 g/mol. The Balaban J connectivity index is 1.29. The van der Waals surface area contributed by atoms with E-state index in [0.717, 1.165) is 41.7 Å². The maximum atomic E-state index is 13.0. The van der Waals surface area contributed by atoms with Gasteiger partial charge in [0, 0.05) is 43.2 Å². The number of fused-ring (bicyclic) bond motifs is 1. The quantitative estimate of drug-likeness (QED) is 0.542. The minimum atomic E-state index is -0.235. The molecule has 29 heavy (non-hydrogen) atoms. The molecule has 0 spiro atoms. The molecular weight excluding hydrogens is 405 g/mol. The molecule has 0 aliphatic carbocycles. The Morgan fingerprint density at radius 2 is 1.83 bits per heavy atom. The van der Waals surface area contributed by atoms with Crippen molar-refractivity contribution in [3.05, 3.63) is 53.3 Å². The number of anilines is 1. The summed E-state index contributed by atoms with van der Waals surface area (Å²) in [6, 6.07) is 10.7. The number of halogens is 1. The van der Waals surface area contributed by atoms with Gasteiger partial charge in [-0.2, -0.15) is 0 Å². The van der Waals surface area contributed by atoms with Crippen molar-refractivity contribution >= 4 is 44.4 Å². The molecule has 4 rings (SSSR count). The van der Waals surface area contributed by atoms with Crippen molar-refractivity contribution in [1.29, 1.82) is 0 Å². The van der Waals surface area contributed by atoms with Crippen LogP contribution in [-0.4, -0.2) is 47.7 Å². The molecule has 0 saturated carbocycles. The number of benzene rings is 2. The van der Waals surface area contributed by atoms with Crippen molar-refractivity contribution in [2.45, 2.75) is 25.2 Å². The third kappa shape index (κ3) is 4.56. The summed E-state index contributed by atoms with van der Waals surface area (Å²) in [6.07, 6.45) is 0.502. The van der Waals surface area contributed by atoms with E-state index in [4.69, 9.17) is 4.98 Å². The van der Waals surface area contributed by atoms with Crippen LogP contribution in [0.4, 0.5) is 9.52 Å². The number of piperazine rings is 1. The highest BCUT2D eigenvalue weighted by atomic mass is 32.2. The van der Waals surface area contributed by atoms with Crippen LogP contribution in [0.2, 0.25) is 0 Å². The molecule has 1 amide bonds. The van der Waals surface area contributed by atoms with Crippen molar-refractivity contribution in [2.75, 3.05) is 36.8 Å². The van der Waals surface area contributed by atoms with E-state index in [-0.39, 0.29) is 11.7 Å². The molecule has 4 nitrogen and oxygen atoms in total. The van der Waals surface area contributed by atoms with E-state index in [9.17, 15) is 9.18 Å². The van der Waals surface area contributed by atoms with E-state index >= 15 is 0 Å². The zero-order valence-corrected chi connectivity index (χ0v) is 18.3. The van der Waals surface area contributed by atoms with Gasteiger partial charge in [0.25, 0.3) is 0 Å². The molecule has 152 valence electrons. The molecule has 0 N–H and O–H groups in total. The van der Waals surface area contributed by atoms with Gasteiger partial charge in [-0.15, -0.1) is 11.8 Å². The van der Waals surface area contributed by atoms with Crippen LogP contribution in [0.5, 0.6) is 0 Å². The van der Waals surface area contributed by atoms with Crippen LogP contribution in [0.3, 0.4) is 0 Å². The van der Waals surface area contributed by atoms with E-state index in [1.807, 2.05) is 4.90 Å². The van der Waals surface area contributed by atoms with Crippen molar-refractivity contribution in [1.82, 2.24) is 9.88 Å². The standard InChI is InChI=1S/C22H24FN3OS2/c1-15-3-8-19-21(16(15)2)24-22(29-19)26-12-10-25(11-13-26)20(27)9-14-28-18-6-4-17(23)5-7-18/h3-8H,9-14H2,1-2H3. The minimum absolute atomic E-state index is 0.190. The number of carbonyl (C=O) groups is 1. The molecule has 1 saturated heterocycles. The number of thiazole rings is 1. The summed E-state index contributed by atoms with van der Waals surface area (Å²) < 4.78 is 14.2. The number of carbonyl (C=O) groups excluding carboxylic acids is 1. The first-order chi connectivity index (χ1) is 14.0. The lowest BCUT2D eigenvalue weighted by atomic mass is 10.1. The number of aromatic nitrogens is 1. The average Bonchev–Trinajstić information content (AvgIpc) is 3.17. The maximum absolute atomic E-state index is 13.0. The van der Waals surface area contributed by atoms with E-state index in [0.29, 0.717) is 12.2 Å². The number of aryl methyl sites for hydroxylation is 2. The van der Waals surface area contributed by atoms with E-state index in [1.54, 1.807) is 35.2 Å². The topological polar surface area (TPSA) is 36.4 Å². The van der Waals surface area contributed by atoms with Crippen LogP contribution >= 0.6 is 23.1 Å². The number of amides is 1. The van der Waals surface area contributed by atoms with Crippen molar-refractivity contribution in [2.24, 2.45) is 0 Å². The SMILES string of the molecule is Cc1ccc2sc(N3CCN(C(=O)CCSc4ccc(F)cc4)CC3)nc2c1C. The highest BCUT2D eigenvalue weighted by Crippen LogP contribution is 2.32. The summed E-state index contributed by atoms with van der Waals surface area (Å²) in [6.45, 7) is 7.33. The van der Waals surface area contributed by atoms with E-state index < -0.39 is 0 Å². The van der Waals surface area contributed by atoms with Gasteiger partial charge in [0.1, 0.15) is 5.82 Å². The molecule has 0 unspecified atom stereocenters. The maximum Gasteiger partial charge on any atom is 0.223 e. The van der Waals surface area contributed by atoms with Crippen LogP contribution in [0.25, 0.3) is 10.2 Å². The summed E-state index contributed by atoms with van der Waals surface area (Å²) in [7, 11) is 0. The Kier molecular flexibility index (Phi) is 6.06. The first-order valence-electron chi connectivity index (χ1n) is 9.79. The molecule has 3 aromatic rings. The molecule has 0 radical (unpaired) electrons. The van der Waals surface area contributed by atoms with Crippen LogP contribution in [-0.2, 0) is 4.79 Å². The normalized spacial score (nSPS) is 14.6. The van der Waals surface area contributed by atoms with Crippen LogP contribution in [0, 0.1) is 19.7 Å². The summed E-state index contributed by atoms with van der Waals surface area (Å²) in [4.78, 5) is 22.6. The van der Waals surface area contributed by atoms with Gasteiger partial charge in [0.15, 0.2) is 5.13 Å². The molecule has 1 fully saturated rings. The average molecular weight is 430 g/mol. The molecule has 0 bridgehead atoms. The van der Waals surface area contributed by atoms with Gasteiger partial charge in [0.2, 0.25) is 5.91 Å². The Morgan fingerprint density at radius 3 is 2.55 bits per heavy atom.